The van der Waals surface area contributed by atoms with Crippen molar-refractivity contribution in [3.05, 3.63) is 83.0 Å². The number of imide groups is 2. The summed E-state index contributed by atoms with van der Waals surface area (Å²) in [5, 5.41) is 8.90. The van der Waals surface area contributed by atoms with Crippen LogP contribution in [0.3, 0.4) is 0 Å². The third-order valence-electron chi connectivity index (χ3n) is 14.5. The fourth-order valence-corrected chi connectivity index (χ4v) is 10.9. The number of methoxy groups -OCH3 is 1. The highest BCUT2D eigenvalue weighted by Crippen LogP contribution is 2.36. The van der Waals surface area contributed by atoms with Crippen molar-refractivity contribution in [2.45, 2.75) is 57.0 Å². The van der Waals surface area contributed by atoms with Gasteiger partial charge >= 0.3 is 0 Å². The number of carbonyl (C=O) groups excluding carboxylic acids is 5. The molecule has 3 N–H and O–H groups in total. The second-order valence-corrected chi connectivity index (χ2v) is 21.3. The first kappa shape index (κ1) is 50.4. The molecule has 5 amide bonds. The number of piperidine rings is 2. The maximum atomic E-state index is 13.3. The normalized spacial score (nSPS) is 19.4. The Morgan fingerprint density at radius 3 is 2.24 bits per heavy atom. The van der Waals surface area contributed by atoms with Gasteiger partial charge in [0.05, 0.1) is 47.8 Å². The predicted octanol–water partition coefficient (Wildman–Crippen LogP) is 4.53. The van der Waals surface area contributed by atoms with Crippen LogP contribution < -0.4 is 34.8 Å². The molecule has 382 valence electrons. The van der Waals surface area contributed by atoms with E-state index in [2.05, 4.69) is 51.6 Å². The van der Waals surface area contributed by atoms with Crippen LogP contribution in [0.1, 0.15) is 65.7 Å². The number of amides is 5. The fourth-order valence-electron chi connectivity index (χ4n) is 10.3. The fraction of sp³-hybridized carbons (Fsp3) is 0.460. The van der Waals surface area contributed by atoms with E-state index in [-0.39, 0.29) is 40.8 Å². The summed E-state index contributed by atoms with van der Waals surface area (Å²) in [7, 11) is -0.412. The van der Waals surface area contributed by atoms with Crippen LogP contribution in [0, 0.1) is 0 Å². The van der Waals surface area contributed by atoms with Gasteiger partial charge in [-0.25, -0.2) is 13.4 Å². The van der Waals surface area contributed by atoms with Gasteiger partial charge in [-0.3, -0.25) is 48.3 Å². The van der Waals surface area contributed by atoms with E-state index in [0.717, 1.165) is 120 Å². The molecule has 72 heavy (non-hydrogen) atoms. The van der Waals surface area contributed by atoms with Crippen LogP contribution in [0.2, 0.25) is 5.02 Å². The number of nitrogens with zero attached hydrogens (tertiary/aromatic N) is 9. The minimum absolute atomic E-state index is 0.0805. The van der Waals surface area contributed by atoms with Crippen molar-refractivity contribution in [1.29, 1.82) is 0 Å². The molecule has 4 saturated heterocycles. The van der Waals surface area contributed by atoms with E-state index in [4.69, 9.17) is 16.3 Å². The van der Waals surface area contributed by atoms with Gasteiger partial charge < -0.3 is 30.1 Å². The first-order valence-corrected chi connectivity index (χ1v) is 26.7. The molecular formula is C50H61ClN12O8S. The van der Waals surface area contributed by atoms with Gasteiger partial charge in [-0.1, -0.05) is 23.7 Å². The van der Waals surface area contributed by atoms with Crippen molar-refractivity contribution < 1.29 is 37.1 Å². The lowest BCUT2D eigenvalue weighted by Crippen LogP contribution is -2.54. The number of piperazine rings is 2. The summed E-state index contributed by atoms with van der Waals surface area (Å²) in [5.41, 5.74) is 4.09. The molecule has 3 aromatic carbocycles. The summed E-state index contributed by atoms with van der Waals surface area (Å²) >= 11 is 6.48. The highest BCUT2D eigenvalue weighted by Gasteiger charge is 2.45. The van der Waals surface area contributed by atoms with Crippen LogP contribution in [0.4, 0.5) is 40.2 Å². The van der Waals surface area contributed by atoms with Crippen molar-refractivity contribution in [2.75, 3.05) is 117 Å². The Bertz CT molecular complexity index is 2830. The number of para-hydroxylation sites is 2. The number of carbonyl (C=O) groups is 5. The average molecular weight is 1030 g/mol. The Morgan fingerprint density at radius 2 is 1.51 bits per heavy atom. The average Bonchev–Trinajstić information content (AvgIpc) is 3.63. The van der Waals surface area contributed by atoms with E-state index in [1.165, 1.54) is 17.5 Å². The molecular weight excluding hydrogens is 964 g/mol. The molecule has 4 aromatic rings. The first-order chi connectivity index (χ1) is 34.6. The van der Waals surface area contributed by atoms with Crippen molar-refractivity contribution in [3.63, 3.8) is 0 Å². The second-order valence-electron chi connectivity index (χ2n) is 18.9. The summed E-state index contributed by atoms with van der Waals surface area (Å²) < 4.78 is 31.6. The number of hydrogen-bond donors (Lipinski definition) is 3. The maximum absolute atomic E-state index is 13.3. The van der Waals surface area contributed by atoms with Crippen molar-refractivity contribution in [3.8, 4) is 5.75 Å². The largest absolute Gasteiger partial charge is 0.494 e. The van der Waals surface area contributed by atoms with E-state index in [1.807, 2.05) is 23.1 Å². The number of hydrogen-bond acceptors (Lipinski definition) is 16. The standard InChI is InChI=1S/C50H61ClN12O8S/c1-57(72(3,69)70)41-9-5-4-8-39(41)53-46-38(51)32-52-50(56-46)54-40-14-12-35(31-43(40)71-2)59-20-17-33(18-21-59)60-26-28-62(29-27-60)45(65)10-6-7-19-58-22-24-61(25-23-58)34-11-13-36-37(30-34)49(68)63(48(36)67)42-15-16-44(64)55-47(42)66/h4-5,8-9,11-14,30-33,42H,6-7,10,15-29H2,1-3H3,(H,55,64,66)(H2,52,53,54,56). The van der Waals surface area contributed by atoms with Gasteiger partial charge in [0.15, 0.2) is 5.82 Å². The molecule has 5 aliphatic heterocycles. The molecule has 20 nitrogen and oxygen atoms in total. The van der Waals surface area contributed by atoms with E-state index in [9.17, 15) is 32.4 Å². The number of fused-ring (bicyclic) bond motifs is 1. The molecule has 4 fully saturated rings. The lowest BCUT2D eigenvalue weighted by Gasteiger charge is -2.43. The van der Waals surface area contributed by atoms with Crippen molar-refractivity contribution in [2.24, 2.45) is 0 Å². The third-order valence-corrected chi connectivity index (χ3v) is 15.9. The maximum Gasteiger partial charge on any atom is 0.262 e. The minimum atomic E-state index is -3.51. The van der Waals surface area contributed by atoms with Crippen LogP contribution in [0.15, 0.2) is 66.9 Å². The summed E-state index contributed by atoms with van der Waals surface area (Å²) in [6.07, 6.45) is 7.16. The summed E-state index contributed by atoms with van der Waals surface area (Å²) in [5.74, 6) is -0.605. The zero-order valence-corrected chi connectivity index (χ0v) is 42.4. The quantitative estimate of drug-likeness (QED) is 0.104. The van der Waals surface area contributed by atoms with Crippen molar-refractivity contribution >= 4 is 91.4 Å². The Hall–Kier alpha value is -6.55. The molecule has 9 rings (SSSR count). The molecule has 6 heterocycles. The number of rotatable bonds is 16. The molecule has 22 heteroatoms. The van der Waals surface area contributed by atoms with E-state index in [0.29, 0.717) is 41.1 Å². The van der Waals surface area contributed by atoms with E-state index < -0.39 is 39.7 Å². The van der Waals surface area contributed by atoms with Gasteiger partial charge in [0.25, 0.3) is 11.8 Å². The highest BCUT2D eigenvalue weighted by atomic mass is 35.5. The number of benzene rings is 3. The molecule has 0 saturated carbocycles. The Balaban J connectivity index is 0.679. The van der Waals surface area contributed by atoms with Gasteiger partial charge in [-0.2, -0.15) is 4.98 Å². The van der Waals surface area contributed by atoms with Crippen molar-refractivity contribution in [1.82, 2.24) is 34.9 Å². The highest BCUT2D eigenvalue weighted by molar-refractivity contribution is 7.92. The zero-order chi connectivity index (χ0) is 50.7. The Kier molecular flexibility index (Phi) is 15.2. The molecule has 0 radical (unpaired) electrons. The Labute approximate surface area is 424 Å². The molecule has 0 bridgehead atoms. The van der Waals surface area contributed by atoms with Crippen LogP contribution in [0.5, 0.6) is 5.75 Å². The third kappa shape index (κ3) is 11.1. The number of nitrogens with one attached hydrogen (secondary N) is 3. The van der Waals surface area contributed by atoms with E-state index >= 15 is 0 Å². The zero-order valence-electron chi connectivity index (χ0n) is 40.8. The second kappa shape index (κ2) is 21.7. The molecule has 0 spiro atoms. The van der Waals surface area contributed by atoms with Crippen LogP contribution in [-0.4, -0.2) is 172 Å². The summed E-state index contributed by atoms with van der Waals surface area (Å²) in [4.78, 5) is 85.3. The Morgan fingerprint density at radius 1 is 0.819 bits per heavy atom. The number of anilines is 7. The molecule has 5 aliphatic rings. The predicted molar refractivity (Wildman–Crippen MR) is 275 cm³/mol. The van der Waals surface area contributed by atoms with Gasteiger partial charge in [-0.05, 0) is 81.1 Å². The molecule has 1 aromatic heterocycles. The number of halogens is 1. The molecule has 1 atom stereocenters. The lowest BCUT2D eigenvalue weighted by molar-refractivity contribution is -0.136. The SMILES string of the molecule is COc1cc(N2CCC(N3CCN(C(=O)CCCCN4CCN(c5ccc6c(c5)C(=O)N(C5CCC(=O)NC5=O)C6=O)CC4)CC3)CC2)ccc1Nc1ncc(Cl)c(Nc2ccccc2N(C)S(C)(=O)=O)n1. The van der Waals surface area contributed by atoms with E-state index in [1.54, 1.807) is 43.5 Å². The summed E-state index contributed by atoms with van der Waals surface area (Å²) in [6, 6.07) is 17.7. The van der Waals surface area contributed by atoms with Gasteiger partial charge in [0, 0.05) is 109 Å². The molecule has 1 unspecified atom stereocenters. The van der Waals surface area contributed by atoms with Gasteiger partial charge in [0.2, 0.25) is 33.7 Å². The lowest BCUT2D eigenvalue weighted by atomic mass is 10.0. The smallest absolute Gasteiger partial charge is 0.262 e. The number of aromatic nitrogens is 2. The first-order valence-electron chi connectivity index (χ1n) is 24.5. The number of unbranched alkanes of at least 4 members (excludes halogenated alkanes) is 1. The van der Waals surface area contributed by atoms with Gasteiger partial charge in [0.1, 0.15) is 16.8 Å². The monoisotopic (exact) mass is 1020 g/mol. The van der Waals surface area contributed by atoms with Crippen LogP contribution >= 0.6 is 11.6 Å². The number of sulfonamides is 1. The minimum Gasteiger partial charge on any atom is -0.494 e. The number of ether oxygens (including phenoxy) is 1. The van der Waals surface area contributed by atoms with Gasteiger partial charge in [-0.15, -0.1) is 0 Å². The molecule has 0 aliphatic carbocycles. The summed E-state index contributed by atoms with van der Waals surface area (Å²) in [6.45, 7) is 9.13. The van der Waals surface area contributed by atoms with Crippen LogP contribution in [-0.2, 0) is 24.4 Å². The topological polar surface area (TPSA) is 213 Å². The van der Waals surface area contributed by atoms with Crippen LogP contribution in [0.25, 0.3) is 0 Å².